The number of benzene rings is 1. The first kappa shape index (κ1) is 23.2. The summed E-state index contributed by atoms with van der Waals surface area (Å²) >= 11 is 7.21. The number of carbonyl (C=O) groups excluding carboxylic acids is 2. The van der Waals surface area contributed by atoms with Crippen molar-refractivity contribution in [2.24, 2.45) is 5.92 Å². The number of hydrogen-bond acceptors (Lipinski definition) is 5. The fourth-order valence-corrected chi connectivity index (χ4v) is 4.54. The largest absolute Gasteiger partial charge is 0.416 e. The van der Waals surface area contributed by atoms with Crippen molar-refractivity contribution < 1.29 is 22.8 Å². The van der Waals surface area contributed by atoms with Crippen LogP contribution in [0.4, 0.5) is 18.3 Å². The quantitative estimate of drug-likeness (QED) is 0.534. The first-order valence-electron chi connectivity index (χ1n) is 9.98. The van der Waals surface area contributed by atoms with Crippen LogP contribution >= 0.6 is 22.9 Å². The molecule has 172 valence electrons. The molecule has 0 spiro atoms. The molecule has 1 aliphatic rings. The highest BCUT2D eigenvalue weighted by atomic mass is 35.5. The normalized spacial score (nSPS) is 16.3. The molecule has 2 amide bonds. The van der Waals surface area contributed by atoms with Crippen molar-refractivity contribution in [3.63, 3.8) is 0 Å². The summed E-state index contributed by atoms with van der Waals surface area (Å²) < 4.78 is 38.9. The van der Waals surface area contributed by atoms with Crippen molar-refractivity contribution >= 4 is 39.9 Å². The number of thiazole rings is 1. The molecule has 1 unspecified atom stereocenters. The van der Waals surface area contributed by atoms with Gasteiger partial charge in [-0.2, -0.15) is 13.2 Å². The molecule has 1 N–H and O–H groups in total. The zero-order valence-corrected chi connectivity index (χ0v) is 18.7. The zero-order valence-electron chi connectivity index (χ0n) is 17.1. The lowest BCUT2D eigenvalue weighted by Gasteiger charge is -2.15. The molecule has 1 aromatic carbocycles. The Morgan fingerprint density at radius 2 is 2.06 bits per heavy atom. The Hall–Kier alpha value is -2.98. The smallest absolute Gasteiger partial charge is 0.336 e. The molecule has 0 saturated carbocycles. The predicted octanol–water partition coefficient (Wildman–Crippen LogP) is 4.79. The maximum atomic E-state index is 13.0. The number of carbonyl (C=O) groups is 2. The van der Waals surface area contributed by atoms with E-state index in [-0.39, 0.29) is 36.2 Å². The molecule has 0 radical (unpaired) electrons. The molecule has 1 atom stereocenters. The summed E-state index contributed by atoms with van der Waals surface area (Å²) in [5.41, 5.74) is 0.283. The van der Waals surface area contributed by atoms with Gasteiger partial charge in [0.25, 0.3) is 0 Å². The van der Waals surface area contributed by atoms with E-state index in [2.05, 4.69) is 15.3 Å². The summed E-state index contributed by atoms with van der Waals surface area (Å²) in [6.45, 7) is 0.613. The van der Waals surface area contributed by atoms with Gasteiger partial charge in [-0.25, -0.2) is 4.98 Å². The van der Waals surface area contributed by atoms with Crippen LogP contribution in [-0.2, 0) is 28.7 Å². The van der Waals surface area contributed by atoms with Crippen molar-refractivity contribution in [2.45, 2.75) is 25.6 Å². The lowest BCUT2D eigenvalue weighted by atomic mass is 10.1. The Labute approximate surface area is 196 Å². The summed E-state index contributed by atoms with van der Waals surface area (Å²) in [4.78, 5) is 35.5. The van der Waals surface area contributed by atoms with E-state index in [1.165, 1.54) is 12.3 Å². The summed E-state index contributed by atoms with van der Waals surface area (Å²) in [5, 5.41) is 3.24. The molecule has 3 heterocycles. The number of amides is 2. The fraction of sp³-hybridized carbons (Fsp3) is 0.273. The van der Waals surface area contributed by atoms with E-state index in [1.54, 1.807) is 17.2 Å². The molecule has 2 aromatic heterocycles. The number of anilines is 1. The average molecular weight is 495 g/mol. The molecule has 1 saturated heterocycles. The first-order valence-corrected chi connectivity index (χ1v) is 11.2. The van der Waals surface area contributed by atoms with Crippen LogP contribution in [0.5, 0.6) is 0 Å². The van der Waals surface area contributed by atoms with Gasteiger partial charge in [-0.1, -0.05) is 17.7 Å². The first-order chi connectivity index (χ1) is 15.7. The Morgan fingerprint density at radius 3 is 2.79 bits per heavy atom. The van der Waals surface area contributed by atoms with Gasteiger partial charge in [0, 0.05) is 41.7 Å². The van der Waals surface area contributed by atoms with Crippen molar-refractivity contribution in [2.75, 3.05) is 11.9 Å². The number of alkyl halides is 3. The van der Waals surface area contributed by atoms with Gasteiger partial charge in [0.2, 0.25) is 11.8 Å². The van der Waals surface area contributed by atoms with Gasteiger partial charge in [0.05, 0.1) is 23.7 Å². The number of likely N-dealkylation sites (tertiary alicyclic amines) is 1. The number of pyridine rings is 1. The minimum atomic E-state index is -4.46. The third-order valence-electron chi connectivity index (χ3n) is 5.19. The third kappa shape index (κ3) is 5.69. The van der Waals surface area contributed by atoms with Crippen molar-refractivity contribution in [1.29, 1.82) is 0 Å². The number of nitrogens with one attached hydrogen (secondary N) is 1. The topological polar surface area (TPSA) is 75.2 Å². The molecule has 4 rings (SSSR count). The molecular weight excluding hydrogens is 477 g/mol. The molecule has 33 heavy (non-hydrogen) atoms. The molecule has 3 aromatic rings. The van der Waals surface area contributed by atoms with E-state index in [4.69, 9.17) is 11.6 Å². The molecule has 0 aliphatic carbocycles. The number of aromatic nitrogens is 2. The van der Waals surface area contributed by atoms with Crippen molar-refractivity contribution in [1.82, 2.24) is 14.9 Å². The number of rotatable bonds is 6. The molecule has 1 fully saturated rings. The second-order valence-corrected chi connectivity index (χ2v) is 9.12. The van der Waals surface area contributed by atoms with Gasteiger partial charge in [-0.05, 0) is 35.9 Å². The van der Waals surface area contributed by atoms with Crippen molar-refractivity contribution in [3.8, 4) is 0 Å². The Morgan fingerprint density at radius 1 is 1.24 bits per heavy atom. The van der Waals surface area contributed by atoms with E-state index in [1.807, 2.05) is 12.1 Å². The molecule has 0 bridgehead atoms. The van der Waals surface area contributed by atoms with Gasteiger partial charge in [0.1, 0.15) is 0 Å². The second kappa shape index (κ2) is 9.48. The van der Waals surface area contributed by atoms with E-state index < -0.39 is 17.7 Å². The summed E-state index contributed by atoms with van der Waals surface area (Å²) in [7, 11) is 0. The molecular formula is C22H18ClF3N4O2S. The van der Waals surface area contributed by atoms with E-state index >= 15 is 0 Å². The Kier molecular flexibility index (Phi) is 6.66. The lowest BCUT2D eigenvalue weighted by molar-refractivity contribution is -0.137. The summed E-state index contributed by atoms with van der Waals surface area (Å²) in [6.07, 6.45) is -1.08. The maximum Gasteiger partial charge on any atom is 0.416 e. The van der Waals surface area contributed by atoms with E-state index in [0.29, 0.717) is 22.1 Å². The van der Waals surface area contributed by atoms with Crippen molar-refractivity contribution in [3.05, 3.63) is 75.5 Å². The molecule has 11 heteroatoms. The predicted molar refractivity (Wildman–Crippen MR) is 118 cm³/mol. The highest BCUT2D eigenvalue weighted by Gasteiger charge is 2.35. The highest BCUT2D eigenvalue weighted by molar-refractivity contribution is 7.15. The van der Waals surface area contributed by atoms with E-state index in [9.17, 15) is 22.8 Å². The Bertz CT molecular complexity index is 1170. The number of hydrogen-bond donors (Lipinski definition) is 1. The second-order valence-electron chi connectivity index (χ2n) is 7.60. The standard InChI is InChI=1S/C22H18ClF3N4O2S/c23-18-5-4-15(22(24,25)26)7-13(18)8-17-10-28-21(33-17)29-20(32)14-9-19(31)30(11-14)12-16-3-1-2-6-27-16/h1-7,10,14H,8-9,11-12H2,(H,28,29,32). The number of nitrogens with zero attached hydrogens (tertiary/aromatic N) is 3. The van der Waals surface area contributed by atoms with Gasteiger partial charge in [-0.15, -0.1) is 11.3 Å². The van der Waals surface area contributed by atoms with E-state index in [0.717, 1.165) is 29.2 Å². The van der Waals surface area contributed by atoms with Gasteiger partial charge in [-0.3, -0.25) is 14.6 Å². The van der Waals surface area contributed by atoms with Crippen LogP contribution in [-0.4, -0.2) is 33.2 Å². The Balaban J connectivity index is 1.37. The SMILES string of the molecule is O=C(Nc1ncc(Cc2cc(C(F)(F)F)ccc2Cl)s1)C1CC(=O)N(Cc2ccccn2)C1. The van der Waals surface area contributed by atoms with Crippen LogP contribution in [0, 0.1) is 5.92 Å². The molecule has 1 aliphatic heterocycles. The number of halogens is 4. The minimum absolute atomic E-state index is 0.0940. The minimum Gasteiger partial charge on any atom is -0.336 e. The lowest BCUT2D eigenvalue weighted by Crippen LogP contribution is -2.28. The monoisotopic (exact) mass is 494 g/mol. The van der Waals surface area contributed by atoms with Crippen LogP contribution in [0.15, 0.2) is 48.8 Å². The maximum absolute atomic E-state index is 13.0. The van der Waals surface area contributed by atoms with Crippen LogP contribution in [0.1, 0.15) is 28.1 Å². The fourth-order valence-electron chi connectivity index (χ4n) is 3.52. The van der Waals surface area contributed by atoms with Crippen LogP contribution < -0.4 is 5.32 Å². The van der Waals surface area contributed by atoms with Gasteiger partial charge < -0.3 is 10.2 Å². The molecule has 6 nitrogen and oxygen atoms in total. The zero-order chi connectivity index (χ0) is 23.6. The van der Waals surface area contributed by atoms with Gasteiger partial charge in [0.15, 0.2) is 5.13 Å². The van der Waals surface area contributed by atoms with Crippen LogP contribution in [0.3, 0.4) is 0 Å². The summed E-state index contributed by atoms with van der Waals surface area (Å²) in [6, 6.07) is 8.60. The van der Waals surface area contributed by atoms with Gasteiger partial charge >= 0.3 is 6.18 Å². The average Bonchev–Trinajstić information content (AvgIpc) is 3.36. The van der Waals surface area contributed by atoms with Crippen LogP contribution in [0.2, 0.25) is 5.02 Å². The summed E-state index contributed by atoms with van der Waals surface area (Å²) in [5.74, 6) is -0.976. The van der Waals surface area contributed by atoms with Crippen LogP contribution in [0.25, 0.3) is 0 Å². The third-order valence-corrected chi connectivity index (χ3v) is 6.47. The highest BCUT2D eigenvalue weighted by Crippen LogP contribution is 2.33.